The number of fused-ring (bicyclic) bond motifs is 2. The Hall–Kier alpha value is -3.21. The summed E-state index contributed by atoms with van der Waals surface area (Å²) in [6, 6.07) is 12.9. The molecule has 0 saturated carbocycles. The van der Waals surface area contributed by atoms with Crippen molar-refractivity contribution in [3.8, 4) is 5.75 Å². The number of pyridine rings is 1. The van der Waals surface area contributed by atoms with E-state index in [2.05, 4.69) is 6.92 Å². The molecule has 1 unspecified atom stereocenters. The highest BCUT2D eigenvalue weighted by molar-refractivity contribution is 6.05. The fraction of sp³-hybridized carbons (Fsp3) is 0.320. The van der Waals surface area contributed by atoms with Crippen LogP contribution < -0.4 is 4.74 Å². The molecule has 5 nitrogen and oxygen atoms in total. The molecule has 5 heteroatoms. The topological polar surface area (TPSA) is 65.5 Å². The molecule has 1 aliphatic rings. The van der Waals surface area contributed by atoms with E-state index in [9.17, 15) is 9.59 Å². The molecular weight excluding hydrogens is 378 g/mol. The molecule has 0 saturated heterocycles. The van der Waals surface area contributed by atoms with Gasteiger partial charge in [0.15, 0.2) is 5.78 Å². The van der Waals surface area contributed by atoms with Crippen molar-refractivity contribution in [1.29, 1.82) is 0 Å². The summed E-state index contributed by atoms with van der Waals surface area (Å²) in [4.78, 5) is 29.8. The first-order valence-electron chi connectivity index (χ1n) is 10.2. The van der Waals surface area contributed by atoms with Crippen molar-refractivity contribution < 1.29 is 19.1 Å². The molecule has 0 fully saturated rings. The second-order valence-electron chi connectivity index (χ2n) is 7.94. The van der Waals surface area contributed by atoms with Gasteiger partial charge in [0.25, 0.3) is 0 Å². The average Bonchev–Trinajstić information content (AvgIpc) is 2.75. The van der Waals surface area contributed by atoms with Crippen LogP contribution in [-0.2, 0) is 24.2 Å². The van der Waals surface area contributed by atoms with E-state index in [0.29, 0.717) is 28.4 Å². The molecule has 1 aliphatic carbocycles. The molecule has 1 aromatic heterocycles. The number of carbonyl (C=O) groups is 2. The van der Waals surface area contributed by atoms with Gasteiger partial charge in [-0.15, -0.1) is 0 Å². The van der Waals surface area contributed by atoms with Crippen molar-refractivity contribution in [2.24, 2.45) is 5.92 Å². The van der Waals surface area contributed by atoms with E-state index in [0.717, 1.165) is 41.4 Å². The minimum absolute atomic E-state index is 0.0318. The zero-order valence-electron chi connectivity index (χ0n) is 17.5. The first-order chi connectivity index (χ1) is 14.5. The number of rotatable bonds is 5. The molecule has 154 valence electrons. The zero-order valence-corrected chi connectivity index (χ0v) is 17.5. The highest BCUT2D eigenvalue weighted by atomic mass is 16.5. The molecular formula is C25H25NO4. The third-order valence-electron chi connectivity index (χ3n) is 5.76. The van der Waals surface area contributed by atoms with Crippen LogP contribution in [0.5, 0.6) is 5.75 Å². The van der Waals surface area contributed by atoms with Gasteiger partial charge in [-0.2, -0.15) is 0 Å². The highest BCUT2D eigenvalue weighted by Crippen LogP contribution is 2.32. The van der Waals surface area contributed by atoms with Crippen LogP contribution in [0.25, 0.3) is 10.9 Å². The van der Waals surface area contributed by atoms with Crippen LogP contribution in [0.2, 0.25) is 0 Å². The normalized spacial score (nSPS) is 15.5. The first kappa shape index (κ1) is 20.1. The van der Waals surface area contributed by atoms with Gasteiger partial charge >= 0.3 is 5.97 Å². The van der Waals surface area contributed by atoms with Crippen molar-refractivity contribution in [2.45, 2.75) is 39.7 Å². The van der Waals surface area contributed by atoms with Crippen LogP contribution in [0.3, 0.4) is 0 Å². The molecule has 0 radical (unpaired) electrons. The summed E-state index contributed by atoms with van der Waals surface area (Å²) >= 11 is 0. The monoisotopic (exact) mass is 403 g/mol. The largest absolute Gasteiger partial charge is 0.496 e. The number of ether oxygens (including phenoxy) is 2. The number of hydrogen-bond donors (Lipinski definition) is 0. The molecule has 0 N–H and O–H groups in total. The van der Waals surface area contributed by atoms with E-state index >= 15 is 0 Å². The summed E-state index contributed by atoms with van der Waals surface area (Å²) in [5.41, 5.74) is 4.65. The Bertz CT molecular complexity index is 1140. The molecule has 1 atom stereocenters. The Morgan fingerprint density at radius 2 is 1.97 bits per heavy atom. The number of nitrogens with zero attached hydrogens (tertiary/aromatic N) is 1. The number of methoxy groups -OCH3 is 1. The van der Waals surface area contributed by atoms with Gasteiger partial charge in [-0.05, 0) is 61.9 Å². The number of para-hydroxylation sites is 1. The summed E-state index contributed by atoms with van der Waals surface area (Å²) < 4.78 is 11.1. The summed E-state index contributed by atoms with van der Waals surface area (Å²) in [5.74, 6) is 0.671. The fourth-order valence-corrected chi connectivity index (χ4v) is 4.12. The Morgan fingerprint density at radius 3 is 2.73 bits per heavy atom. The second kappa shape index (κ2) is 8.27. The van der Waals surface area contributed by atoms with Gasteiger partial charge in [-0.25, -0.2) is 4.79 Å². The third-order valence-corrected chi connectivity index (χ3v) is 5.76. The number of aryl methyl sites for hydroxylation is 1. The number of benzene rings is 2. The van der Waals surface area contributed by atoms with Gasteiger partial charge in [-0.1, -0.05) is 25.1 Å². The van der Waals surface area contributed by atoms with Gasteiger partial charge in [0.1, 0.15) is 12.4 Å². The lowest BCUT2D eigenvalue weighted by molar-refractivity contribution is 0.0470. The van der Waals surface area contributed by atoms with Crippen molar-refractivity contribution in [2.75, 3.05) is 7.11 Å². The van der Waals surface area contributed by atoms with Crippen molar-refractivity contribution in [1.82, 2.24) is 4.98 Å². The second-order valence-corrected chi connectivity index (χ2v) is 7.94. The maximum Gasteiger partial charge on any atom is 0.339 e. The van der Waals surface area contributed by atoms with Crippen molar-refractivity contribution in [3.63, 3.8) is 0 Å². The van der Waals surface area contributed by atoms with Gasteiger partial charge in [0.05, 0.1) is 18.2 Å². The van der Waals surface area contributed by atoms with Gasteiger partial charge in [0.2, 0.25) is 0 Å². The lowest BCUT2D eigenvalue weighted by Gasteiger charge is -2.24. The van der Waals surface area contributed by atoms with Crippen LogP contribution in [0.15, 0.2) is 42.5 Å². The number of carbonyl (C=O) groups excluding carboxylic acids is 2. The van der Waals surface area contributed by atoms with Gasteiger partial charge < -0.3 is 9.47 Å². The van der Waals surface area contributed by atoms with E-state index in [1.807, 2.05) is 24.3 Å². The predicted molar refractivity (Wildman–Crippen MR) is 115 cm³/mol. The Morgan fingerprint density at radius 1 is 1.17 bits per heavy atom. The minimum Gasteiger partial charge on any atom is -0.496 e. The standard InChI is InChI=1S/C25H25NO4/c1-15-8-10-22-20(12-15)24(19-6-4-5-7-21(19)26-22)25(28)30-14-18-13-17(16(2)27)9-11-23(18)29-3/h4-7,9,11,13,15H,8,10,12,14H2,1-3H3. The average molecular weight is 403 g/mol. The zero-order chi connectivity index (χ0) is 21.3. The molecule has 3 aromatic rings. The molecule has 2 aromatic carbocycles. The maximum atomic E-state index is 13.3. The number of Topliss-reactive ketones (excluding diaryl/α,β-unsaturated/α-hetero) is 1. The third kappa shape index (κ3) is 3.80. The number of aromatic nitrogens is 1. The quantitative estimate of drug-likeness (QED) is 0.446. The molecule has 0 amide bonds. The predicted octanol–water partition coefficient (Wildman–Crippen LogP) is 4.93. The Balaban J connectivity index is 1.70. The van der Waals surface area contributed by atoms with E-state index in [1.165, 1.54) is 6.92 Å². The van der Waals surface area contributed by atoms with Gasteiger partial charge in [-0.3, -0.25) is 9.78 Å². The van der Waals surface area contributed by atoms with Crippen molar-refractivity contribution in [3.05, 3.63) is 70.4 Å². The molecule has 30 heavy (non-hydrogen) atoms. The van der Waals surface area contributed by atoms with E-state index < -0.39 is 0 Å². The van der Waals surface area contributed by atoms with Crippen LogP contribution in [-0.4, -0.2) is 23.8 Å². The summed E-state index contributed by atoms with van der Waals surface area (Å²) in [6.45, 7) is 3.74. The lowest BCUT2D eigenvalue weighted by Crippen LogP contribution is -2.19. The number of hydrogen-bond acceptors (Lipinski definition) is 5. The maximum absolute atomic E-state index is 13.3. The van der Waals surface area contributed by atoms with Crippen LogP contribution in [0, 0.1) is 5.92 Å². The first-order valence-corrected chi connectivity index (χ1v) is 10.2. The van der Waals surface area contributed by atoms with Crippen LogP contribution in [0.4, 0.5) is 0 Å². The molecule has 0 spiro atoms. The molecule has 0 bridgehead atoms. The van der Waals surface area contributed by atoms with Crippen LogP contribution in [0.1, 0.15) is 57.8 Å². The van der Waals surface area contributed by atoms with Crippen LogP contribution >= 0.6 is 0 Å². The molecule has 1 heterocycles. The Kier molecular flexibility index (Phi) is 5.53. The summed E-state index contributed by atoms with van der Waals surface area (Å²) in [5, 5.41) is 0.819. The van der Waals surface area contributed by atoms with E-state index in [4.69, 9.17) is 14.5 Å². The number of esters is 1. The van der Waals surface area contributed by atoms with E-state index in [1.54, 1.807) is 25.3 Å². The van der Waals surface area contributed by atoms with E-state index in [-0.39, 0.29) is 18.4 Å². The Labute approximate surface area is 176 Å². The smallest absolute Gasteiger partial charge is 0.339 e. The summed E-state index contributed by atoms with van der Waals surface area (Å²) in [6.07, 6.45) is 2.76. The fourth-order valence-electron chi connectivity index (χ4n) is 4.12. The SMILES string of the molecule is COc1ccc(C(C)=O)cc1COC(=O)c1c2c(nc3ccccc13)CCC(C)C2. The van der Waals surface area contributed by atoms with Crippen molar-refractivity contribution >= 4 is 22.7 Å². The lowest BCUT2D eigenvalue weighted by atomic mass is 9.84. The summed E-state index contributed by atoms with van der Waals surface area (Å²) in [7, 11) is 1.56. The molecule has 4 rings (SSSR count). The minimum atomic E-state index is -0.366. The van der Waals surface area contributed by atoms with Gasteiger partial charge in [0, 0.05) is 22.2 Å². The molecule has 0 aliphatic heterocycles. The highest BCUT2D eigenvalue weighted by Gasteiger charge is 2.26. The number of ketones is 1.